The highest BCUT2D eigenvalue weighted by Crippen LogP contribution is 2.17. The van der Waals surface area contributed by atoms with E-state index in [9.17, 15) is 9.18 Å². The monoisotopic (exact) mass is 370 g/mol. The summed E-state index contributed by atoms with van der Waals surface area (Å²) in [6, 6.07) is 9.29. The normalized spacial score (nSPS) is 15.6. The van der Waals surface area contributed by atoms with Crippen LogP contribution in [0, 0.1) is 11.7 Å². The molecule has 0 radical (unpaired) electrons. The van der Waals surface area contributed by atoms with Crippen LogP contribution < -0.4 is 10.2 Å². The summed E-state index contributed by atoms with van der Waals surface area (Å²) >= 11 is 0. The highest BCUT2D eigenvalue weighted by Gasteiger charge is 2.16. The van der Waals surface area contributed by atoms with Gasteiger partial charge < -0.3 is 15.1 Å². The maximum atomic E-state index is 13.0. The third-order valence-corrected chi connectivity index (χ3v) is 4.65. The number of anilines is 2. The van der Waals surface area contributed by atoms with E-state index in [1.807, 2.05) is 12.1 Å². The zero-order chi connectivity index (χ0) is 19.2. The first-order valence-electron chi connectivity index (χ1n) is 9.51. The highest BCUT2D eigenvalue weighted by atomic mass is 19.1. The minimum atomic E-state index is -0.359. The number of carbonyl (C=O) groups excluding carboxylic acids is 1. The summed E-state index contributed by atoms with van der Waals surface area (Å²) in [6.45, 7) is 9.76. The summed E-state index contributed by atoms with van der Waals surface area (Å²) in [5, 5.41) is 2.80. The van der Waals surface area contributed by atoms with E-state index in [-0.39, 0.29) is 11.7 Å². The highest BCUT2D eigenvalue weighted by molar-refractivity contribution is 6.04. The number of nitrogens with one attached hydrogen (secondary N) is 1. The van der Waals surface area contributed by atoms with Gasteiger partial charge in [-0.3, -0.25) is 4.79 Å². The molecule has 2 heterocycles. The van der Waals surface area contributed by atoms with Crippen molar-refractivity contribution in [2.75, 3.05) is 42.9 Å². The Hall–Kier alpha value is -2.47. The van der Waals surface area contributed by atoms with Crippen LogP contribution in [-0.2, 0) is 0 Å². The standard InChI is InChI=1S/C21H27FN4O/c1-16(2)15-25-10-3-11-26(13-12-25)20-9-8-19(14-23-20)24-21(27)17-4-6-18(22)7-5-17/h4-9,14,16H,3,10-13,15H2,1-2H3,(H,24,27). The first kappa shape index (κ1) is 19.3. The van der Waals surface area contributed by atoms with Crippen LogP contribution in [0.5, 0.6) is 0 Å². The van der Waals surface area contributed by atoms with Gasteiger partial charge in [-0.15, -0.1) is 0 Å². The zero-order valence-electron chi connectivity index (χ0n) is 16.0. The van der Waals surface area contributed by atoms with E-state index in [0.717, 1.165) is 45.0 Å². The molecule has 0 bridgehead atoms. The molecule has 2 aromatic rings. The van der Waals surface area contributed by atoms with Crippen molar-refractivity contribution in [3.05, 3.63) is 54.0 Å². The summed E-state index contributed by atoms with van der Waals surface area (Å²) in [5.41, 5.74) is 1.04. The smallest absolute Gasteiger partial charge is 0.255 e. The van der Waals surface area contributed by atoms with Gasteiger partial charge in [0.2, 0.25) is 0 Å². The molecule has 0 aliphatic carbocycles. The van der Waals surface area contributed by atoms with Gasteiger partial charge in [-0.25, -0.2) is 9.37 Å². The third kappa shape index (κ3) is 5.50. The number of halogens is 1. The molecule has 1 aliphatic rings. The van der Waals surface area contributed by atoms with Crippen LogP contribution in [0.3, 0.4) is 0 Å². The first-order chi connectivity index (χ1) is 13.0. The van der Waals surface area contributed by atoms with Gasteiger partial charge in [0.25, 0.3) is 5.91 Å². The Balaban J connectivity index is 1.58. The lowest BCUT2D eigenvalue weighted by molar-refractivity contribution is 0.102. The molecular formula is C21H27FN4O. The summed E-state index contributed by atoms with van der Waals surface area (Å²) < 4.78 is 13.0. The Morgan fingerprint density at radius 3 is 2.56 bits per heavy atom. The average Bonchev–Trinajstić information content (AvgIpc) is 2.88. The number of aromatic nitrogens is 1. The molecular weight excluding hydrogens is 343 g/mol. The average molecular weight is 370 g/mol. The number of benzene rings is 1. The van der Waals surface area contributed by atoms with Crippen molar-refractivity contribution in [2.24, 2.45) is 5.92 Å². The SMILES string of the molecule is CC(C)CN1CCCN(c2ccc(NC(=O)c3ccc(F)cc3)cn2)CC1. The summed E-state index contributed by atoms with van der Waals surface area (Å²) in [7, 11) is 0. The molecule has 1 amide bonds. The van der Waals surface area contributed by atoms with E-state index in [2.05, 4.69) is 33.9 Å². The molecule has 5 nitrogen and oxygen atoms in total. The topological polar surface area (TPSA) is 48.5 Å². The van der Waals surface area contributed by atoms with E-state index >= 15 is 0 Å². The van der Waals surface area contributed by atoms with E-state index in [0.29, 0.717) is 17.2 Å². The predicted molar refractivity (Wildman–Crippen MR) is 107 cm³/mol. The van der Waals surface area contributed by atoms with Crippen molar-refractivity contribution in [1.29, 1.82) is 0 Å². The van der Waals surface area contributed by atoms with Gasteiger partial charge in [0.15, 0.2) is 0 Å². The molecule has 0 atom stereocenters. The van der Waals surface area contributed by atoms with Gasteiger partial charge in [-0.2, -0.15) is 0 Å². The maximum Gasteiger partial charge on any atom is 0.255 e. The number of amides is 1. The molecule has 1 aromatic carbocycles. The zero-order valence-corrected chi connectivity index (χ0v) is 16.0. The molecule has 144 valence electrons. The molecule has 0 unspecified atom stereocenters. The van der Waals surface area contributed by atoms with Crippen LogP contribution >= 0.6 is 0 Å². The van der Waals surface area contributed by atoms with E-state index in [4.69, 9.17) is 0 Å². The second kappa shape index (κ2) is 8.95. The van der Waals surface area contributed by atoms with Crippen molar-refractivity contribution in [2.45, 2.75) is 20.3 Å². The lowest BCUT2D eigenvalue weighted by Gasteiger charge is -2.23. The van der Waals surface area contributed by atoms with Crippen LogP contribution in [0.25, 0.3) is 0 Å². The Bertz CT molecular complexity index is 746. The third-order valence-electron chi connectivity index (χ3n) is 4.65. The Morgan fingerprint density at radius 2 is 1.89 bits per heavy atom. The molecule has 1 fully saturated rings. The summed E-state index contributed by atoms with van der Waals surface area (Å²) in [5.74, 6) is 0.977. The molecule has 0 saturated carbocycles. The fourth-order valence-corrected chi connectivity index (χ4v) is 3.35. The van der Waals surface area contributed by atoms with E-state index < -0.39 is 0 Å². The fourth-order valence-electron chi connectivity index (χ4n) is 3.35. The maximum absolute atomic E-state index is 13.0. The van der Waals surface area contributed by atoms with Crippen molar-refractivity contribution in [3.63, 3.8) is 0 Å². The van der Waals surface area contributed by atoms with Gasteiger partial charge in [-0.1, -0.05) is 13.8 Å². The van der Waals surface area contributed by atoms with Crippen molar-refractivity contribution < 1.29 is 9.18 Å². The lowest BCUT2D eigenvalue weighted by atomic mass is 10.2. The van der Waals surface area contributed by atoms with Crippen molar-refractivity contribution >= 4 is 17.4 Å². The molecule has 3 rings (SSSR count). The molecule has 1 saturated heterocycles. The van der Waals surface area contributed by atoms with Gasteiger partial charge in [-0.05, 0) is 55.3 Å². The summed E-state index contributed by atoms with van der Waals surface area (Å²) in [4.78, 5) is 21.5. The van der Waals surface area contributed by atoms with Gasteiger partial charge in [0, 0.05) is 31.7 Å². The van der Waals surface area contributed by atoms with Crippen LogP contribution in [0.4, 0.5) is 15.9 Å². The second-order valence-corrected chi connectivity index (χ2v) is 7.40. The lowest BCUT2D eigenvalue weighted by Crippen LogP contribution is -2.33. The largest absolute Gasteiger partial charge is 0.355 e. The van der Waals surface area contributed by atoms with Crippen molar-refractivity contribution in [1.82, 2.24) is 9.88 Å². The summed E-state index contributed by atoms with van der Waals surface area (Å²) in [6.07, 6.45) is 2.80. The Labute approximate surface area is 160 Å². The van der Waals surface area contributed by atoms with Crippen LogP contribution in [0.1, 0.15) is 30.6 Å². The number of hydrogen-bond acceptors (Lipinski definition) is 4. The fraction of sp³-hybridized carbons (Fsp3) is 0.429. The second-order valence-electron chi connectivity index (χ2n) is 7.40. The van der Waals surface area contributed by atoms with Gasteiger partial charge >= 0.3 is 0 Å². The van der Waals surface area contributed by atoms with Crippen LogP contribution in [0.2, 0.25) is 0 Å². The number of nitrogens with zero attached hydrogens (tertiary/aromatic N) is 3. The molecule has 27 heavy (non-hydrogen) atoms. The Morgan fingerprint density at radius 1 is 1.11 bits per heavy atom. The molecule has 1 aliphatic heterocycles. The van der Waals surface area contributed by atoms with Crippen LogP contribution in [-0.4, -0.2) is 48.5 Å². The molecule has 1 aromatic heterocycles. The molecule has 0 spiro atoms. The molecule has 1 N–H and O–H groups in total. The quantitative estimate of drug-likeness (QED) is 0.873. The first-order valence-corrected chi connectivity index (χ1v) is 9.51. The van der Waals surface area contributed by atoms with Crippen LogP contribution in [0.15, 0.2) is 42.6 Å². The molecule has 6 heteroatoms. The Kier molecular flexibility index (Phi) is 6.40. The van der Waals surface area contributed by atoms with Crippen molar-refractivity contribution in [3.8, 4) is 0 Å². The number of rotatable bonds is 5. The number of hydrogen-bond donors (Lipinski definition) is 1. The van der Waals surface area contributed by atoms with E-state index in [1.54, 1.807) is 6.20 Å². The minimum Gasteiger partial charge on any atom is -0.355 e. The predicted octanol–water partition coefficient (Wildman–Crippen LogP) is 3.64. The number of pyridine rings is 1. The number of carbonyl (C=O) groups is 1. The van der Waals surface area contributed by atoms with E-state index in [1.165, 1.54) is 24.3 Å². The minimum absolute atomic E-state index is 0.274. The van der Waals surface area contributed by atoms with Gasteiger partial charge in [0.05, 0.1) is 11.9 Å². The van der Waals surface area contributed by atoms with Gasteiger partial charge in [0.1, 0.15) is 11.6 Å².